The molecule has 0 aliphatic carbocycles. The van der Waals surface area contributed by atoms with Crippen LogP contribution in [0.1, 0.15) is 35.8 Å². The SMILES string of the molecule is Cc1ccc(CCc2nnnn2C2CCNCC2)cc1. The quantitative estimate of drug-likeness (QED) is 0.919. The first-order valence-electron chi connectivity index (χ1n) is 7.36. The lowest BCUT2D eigenvalue weighted by atomic mass is 10.1. The summed E-state index contributed by atoms with van der Waals surface area (Å²) in [4.78, 5) is 0. The number of aryl methyl sites for hydroxylation is 3. The molecule has 2 aromatic rings. The molecule has 106 valence electrons. The molecule has 1 aromatic heterocycles. The molecule has 20 heavy (non-hydrogen) atoms. The van der Waals surface area contributed by atoms with Crippen molar-refractivity contribution >= 4 is 0 Å². The summed E-state index contributed by atoms with van der Waals surface area (Å²) < 4.78 is 2.04. The number of nitrogens with zero attached hydrogens (tertiary/aromatic N) is 4. The summed E-state index contributed by atoms with van der Waals surface area (Å²) in [6.45, 7) is 4.23. The van der Waals surface area contributed by atoms with Gasteiger partial charge in [0.1, 0.15) is 0 Å². The van der Waals surface area contributed by atoms with Crippen LogP contribution in [0.25, 0.3) is 0 Å². The first-order chi connectivity index (χ1) is 9.83. The molecule has 1 aliphatic heterocycles. The van der Waals surface area contributed by atoms with E-state index in [-0.39, 0.29) is 0 Å². The third-order valence-corrected chi connectivity index (χ3v) is 3.97. The van der Waals surface area contributed by atoms with Crippen molar-refractivity contribution in [2.75, 3.05) is 13.1 Å². The molecule has 3 rings (SSSR count). The number of piperidine rings is 1. The van der Waals surface area contributed by atoms with Gasteiger partial charge in [-0.05, 0) is 55.3 Å². The molecule has 0 amide bonds. The van der Waals surface area contributed by atoms with Crippen LogP contribution in [0.5, 0.6) is 0 Å². The van der Waals surface area contributed by atoms with Gasteiger partial charge in [0.2, 0.25) is 0 Å². The first kappa shape index (κ1) is 13.2. The summed E-state index contributed by atoms with van der Waals surface area (Å²) in [5.41, 5.74) is 2.64. The monoisotopic (exact) mass is 271 g/mol. The van der Waals surface area contributed by atoms with Crippen LogP contribution in [0.4, 0.5) is 0 Å². The van der Waals surface area contributed by atoms with E-state index in [0.29, 0.717) is 6.04 Å². The topological polar surface area (TPSA) is 55.6 Å². The molecule has 0 spiro atoms. The van der Waals surface area contributed by atoms with Crippen LogP contribution < -0.4 is 5.32 Å². The molecule has 1 fully saturated rings. The molecule has 5 heteroatoms. The van der Waals surface area contributed by atoms with Gasteiger partial charge in [-0.25, -0.2) is 4.68 Å². The van der Waals surface area contributed by atoms with E-state index in [4.69, 9.17) is 0 Å². The van der Waals surface area contributed by atoms with Crippen molar-refractivity contribution in [2.24, 2.45) is 0 Å². The average molecular weight is 271 g/mol. The highest BCUT2D eigenvalue weighted by atomic mass is 15.5. The number of aromatic nitrogens is 4. The second kappa shape index (κ2) is 6.13. The molecular weight excluding hydrogens is 250 g/mol. The third kappa shape index (κ3) is 3.04. The number of tetrazole rings is 1. The van der Waals surface area contributed by atoms with Gasteiger partial charge in [0.15, 0.2) is 5.82 Å². The van der Waals surface area contributed by atoms with Gasteiger partial charge in [-0.1, -0.05) is 29.8 Å². The van der Waals surface area contributed by atoms with Crippen LogP contribution in [-0.2, 0) is 12.8 Å². The normalized spacial score (nSPS) is 16.4. The van der Waals surface area contributed by atoms with Gasteiger partial charge in [0.05, 0.1) is 6.04 Å². The Hall–Kier alpha value is -1.75. The van der Waals surface area contributed by atoms with Crippen LogP contribution >= 0.6 is 0 Å². The zero-order valence-electron chi connectivity index (χ0n) is 11.9. The second-order valence-electron chi connectivity index (χ2n) is 5.51. The summed E-state index contributed by atoms with van der Waals surface area (Å²) in [5, 5.41) is 15.6. The average Bonchev–Trinajstić information content (AvgIpc) is 2.96. The minimum Gasteiger partial charge on any atom is -0.317 e. The molecule has 2 heterocycles. The Balaban J connectivity index is 1.65. The van der Waals surface area contributed by atoms with Crippen LogP contribution in [0, 0.1) is 6.92 Å². The zero-order chi connectivity index (χ0) is 13.8. The second-order valence-corrected chi connectivity index (χ2v) is 5.51. The molecule has 0 saturated carbocycles. The summed E-state index contributed by atoms with van der Waals surface area (Å²) in [6, 6.07) is 9.15. The number of nitrogens with one attached hydrogen (secondary N) is 1. The fourth-order valence-electron chi connectivity index (χ4n) is 2.72. The van der Waals surface area contributed by atoms with Crippen molar-refractivity contribution < 1.29 is 0 Å². The summed E-state index contributed by atoms with van der Waals surface area (Å²) in [6.07, 6.45) is 4.12. The molecule has 0 bridgehead atoms. The van der Waals surface area contributed by atoms with Gasteiger partial charge in [-0.2, -0.15) is 0 Å². The number of rotatable bonds is 4. The Morgan fingerprint density at radius 1 is 1.15 bits per heavy atom. The fraction of sp³-hybridized carbons (Fsp3) is 0.533. The lowest BCUT2D eigenvalue weighted by molar-refractivity contribution is 0.329. The van der Waals surface area contributed by atoms with E-state index < -0.39 is 0 Å². The van der Waals surface area contributed by atoms with Crippen LogP contribution in [0.3, 0.4) is 0 Å². The molecule has 5 nitrogen and oxygen atoms in total. The minimum absolute atomic E-state index is 0.458. The Kier molecular flexibility index (Phi) is 4.06. The molecule has 0 unspecified atom stereocenters. The van der Waals surface area contributed by atoms with Crippen molar-refractivity contribution in [3.63, 3.8) is 0 Å². The lowest BCUT2D eigenvalue weighted by Gasteiger charge is -2.23. The summed E-state index contributed by atoms with van der Waals surface area (Å²) in [7, 11) is 0. The zero-order valence-corrected chi connectivity index (χ0v) is 11.9. The Morgan fingerprint density at radius 2 is 1.90 bits per heavy atom. The predicted octanol–water partition coefficient (Wildman–Crippen LogP) is 1.69. The fourth-order valence-corrected chi connectivity index (χ4v) is 2.72. The van der Waals surface area contributed by atoms with E-state index >= 15 is 0 Å². The van der Waals surface area contributed by atoms with Crippen LogP contribution in [0.15, 0.2) is 24.3 Å². The van der Waals surface area contributed by atoms with Gasteiger partial charge >= 0.3 is 0 Å². The van der Waals surface area contributed by atoms with E-state index in [1.807, 2.05) is 4.68 Å². The van der Waals surface area contributed by atoms with Crippen molar-refractivity contribution in [3.05, 3.63) is 41.2 Å². The van der Waals surface area contributed by atoms with Gasteiger partial charge in [-0.3, -0.25) is 0 Å². The van der Waals surface area contributed by atoms with Crippen molar-refractivity contribution in [1.82, 2.24) is 25.5 Å². The van der Waals surface area contributed by atoms with Crippen LogP contribution in [-0.4, -0.2) is 33.3 Å². The maximum atomic E-state index is 4.21. The van der Waals surface area contributed by atoms with Crippen molar-refractivity contribution in [3.8, 4) is 0 Å². The van der Waals surface area contributed by atoms with E-state index in [9.17, 15) is 0 Å². The predicted molar refractivity (Wildman–Crippen MR) is 77.5 cm³/mol. The minimum atomic E-state index is 0.458. The van der Waals surface area contributed by atoms with E-state index in [1.54, 1.807) is 0 Å². The Bertz CT molecular complexity index is 540. The summed E-state index contributed by atoms with van der Waals surface area (Å²) in [5.74, 6) is 1.01. The highest BCUT2D eigenvalue weighted by molar-refractivity contribution is 5.21. The number of hydrogen-bond donors (Lipinski definition) is 1. The smallest absolute Gasteiger partial charge is 0.151 e. The molecule has 1 aliphatic rings. The first-order valence-corrected chi connectivity index (χ1v) is 7.36. The highest BCUT2D eigenvalue weighted by Gasteiger charge is 2.19. The van der Waals surface area contributed by atoms with Crippen LogP contribution in [0.2, 0.25) is 0 Å². The molecular formula is C15H21N5. The number of benzene rings is 1. The van der Waals surface area contributed by atoms with Crippen molar-refractivity contribution in [2.45, 2.75) is 38.6 Å². The maximum Gasteiger partial charge on any atom is 0.151 e. The van der Waals surface area contributed by atoms with Gasteiger partial charge in [0, 0.05) is 6.42 Å². The molecule has 0 atom stereocenters. The summed E-state index contributed by atoms with van der Waals surface area (Å²) >= 11 is 0. The van der Waals surface area contributed by atoms with Gasteiger partial charge in [0.25, 0.3) is 0 Å². The van der Waals surface area contributed by atoms with E-state index in [2.05, 4.69) is 52.0 Å². The highest BCUT2D eigenvalue weighted by Crippen LogP contribution is 2.18. The van der Waals surface area contributed by atoms with Crippen molar-refractivity contribution in [1.29, 1.82) is 0 Å². The molecule has 1 aromatic carbocycles. The molecule has 1 N–H and O–H groups in total. The maximum absolute atomic E-state index is 4.21. The van der Waals surface area contributed by atoms with Gasteiger partial charge in [-0.15, -0.1) is 5.10 Å². The Labute approximate surface area is 119 Å². The third-order valence-electron chi connectivity index (χ3n) is 3.97. The Morgan fingerprint density at radius 3 is 2.65 bits per heavy atom. The largest absolute Gasteiger partial charge is 0.317 e. The number of hydrogen-bond acceptors (Lipinski definition) is 4. The van der Waals surface area contributed by atoms with E-state index in [0.717, 1.165) is 44.6 Å². The lowest BCUT2D eigenvalue weighted by Crippen LogP contribution is -2.30. The van der Waals surface area contributed by atoms with Gasteiger partial charge < -0.3 is 5.32 Å². The van der Waals surface area contributed by atoms with E-state index in [1.165, 1.54) is 11.1 Å². The standard InChI is InChI=1S/C15H21N5/c1-12-2-4-13(5-3-12)6-7-15-17-18-19-20(15)14-8-10-16-11-9-14/h2-5,14,16H,6-11H2,1H3. The molecule has 1 saturated heterocycles. The molecule has 0 radical (unpaired) electrons.